The van der Waals surface area contributed by atoms with Gasteiger partial charge in [-0.2, -0.15) is 0 Å². The van der Waals surface area contributed by atoms with Gasteiger partial charge in [-0.1, -0.05) is 0 Å². The van der Waals surface area contributed by atoms with Crippen LogP contribution < -0.4 is 5.32 Å². The highest BCUT2D eigenvalue weighted by atomic mass is 16.5. The molecule has 7 heteroatoms. The zero-order valence-electron chi connectivity index (χ0n) is 11.8. The van der Waals surface area contributed by atoms with Crippen molar-refractivity contribution in [1.29, 1.82) is 0 Å². The maximum absolute atomic E-state index is 5.42. The Morgan fingerprint density at radius 2 is 2.33 bits per heavy atom. The molecule has 0 saturated carbocycles. The van der Waals surface area contributed by atoms with E-state index in [-0.39, 0.29) is 0 Å². The zero-order chi connectivity index (χ0) is 14.1. The summed E-state index contributed by atoms with van der Waals surface area (Å²) in [4.78, 5) is 8.64. The first-order valence-corrected chi connectivity index (χ1v) is 7.44. The van der Waals surface area contributed by atoms with E-state index >= 15 is 0 Å². The van der Waals surface area contributed by atoms with Gasteiger partial charge in [-0.25, -0.2) is 9.97 Å². The van der Waals surface area contributed by atoms with E-state index in [0.717, 1.165) is 62.2 Å². The number of aromatic nitrogens is 5. The molecule has 1 fully saturated rings. The minimum absolute atomic E-state index is 0.394. The molecule has 1 unspecified atom stereocenters. The summed E-state index contributed by atoms with van der Waals surface area (Å²) in [5.74, 6) is 3.30. The Morgan fingerprint density at radius 1 is 1.33 bits per heavy atom. The number of hydrogen-bond acceptors (Lipinski definition) is 6. The Bertz CT molecular complexity index is 634. The molecular formula is C14H18N6O. The van der Waals surface area contributed by atoms with Crippen LogP contribution in [0.5, 0.6) is 0 Å². The van der Waals surface area contributed by atoms with Gasteiger partial charge in [0, 0.05) is 31.6 Å². The Hall–Kier alpha value is -2.02. The average Bonchev–Trinajstić information content (AvgIpc) is 3.23. The highest BCUT2D eigenvalue weighted by Crippen LogP contribution is 2.24. The zero-order valence-corrected chi connectivity index (χ0v) is 11.8. The number of fused-ring (bicyclic) bond motifs is 1. The predicted octanol–water partition coefficient (Wildman–Crippen LogP) is 1.13. The third-order valence-corrected chi connectivity index (χ3v) is 4.15. The summed E-state index contributed by atoms with van der Waals surface area (Å²) in [6, 6.07) is 2.01. The molecule has 21 heavy (non-hydrogen) atoms. The molecular weight excluding hydrogens is 268 g/mol. The first-order chi connectivity index (χ1) is 10.4. The molecule has 0 amide bonds. The van der Waals surface area contributed by atoms with Gasteiger partial charge in [0.25, 0.3) is 0 Å². The van der Waals surface area contributed by atoms with E-state index in [1.54, 1.807) is 6.33 Å². The molecule has 2 aromatic rings. The van der Waals surface area contributed by atoms with Crippen LogP contribution in [-0.4, -0.2) is 37.9 Å². The summed E-state index contributed by atoms with van der Waals surface area (Å²) in [7, 11) is 0. The van der Waals surface area contributed by atoms with Crippen LogP contribution in [0.2, 0.25) is 0 Å². The lowest BCUT2D eigenvalue weighted by atomic mass is 10.1. The first-order valence-electron chi connectivity index (χ1n) is 7.44. The van der Waals surface area contributed by atoms with E-state index in [9.17, 15) is 0 Å². The monoisotopic (exact) mass is 286 g/mol. The molecule has 0 aromatic carbocycles. The van der Waals surface area contributed by atoms with Crippen LogP contribution in [0.25, 0.3) is 0 Å². The predicted molar refractivity (Wildman–Crippen MR) is 75.9 cm³/mol. The Balaban J connectivity index is 1.45. The van der Waals surface area contributed by atoms with Gasteiger partial charge in [0.1, 0.15) is 18.0 Å². The number of hydrogen-bond donors (Lipinski definition) is 1. The van der Waals surface area contributed by atoms with Gasteiger partial charge in [-0.15, -0.1) is 10.2 Å². The second-order valence-electron chi connectivity index (χ2n) is 5.53. The number of nitrogens with zero attached hydrogens (tertiary/aromatic N) is 5. The van der Waals surface area contributed by atoms with E-state index in [4.69, 9.17) is 4.74 Å². The molecule has 1 atom stereocenters. The maximum atomic E-state index is 5.42. The summed E-state index contributed by atoms with van der Waals surface area (Å²) >= 11 is 0. The van der Waals surface area contributed by atoms with Crippen molar-refractivity contribution in [2.75, 3.05) is 18.5 Å². The summed E-state index contributed by atoms with van der Waals surface area (Å²) < 4.78 is 7.61. The molecule has 1 saturated heterocycles. The fourth-order valence-electron chi connectivity index (χ4n) is 2.97. The van der Waals surface area contributed by atoms with Crippen molar-refractivity contribution in [3.05, 3.63) is 29.7 Å². The van der Waals surface area contributed by atoms with Crippen LogP contribution in [0.4, 0.5) is 5.82 Å². The highest BCUT2D eigenvalue weighted by molar-refractivity contribution is 5.36. The van der Waals surface area contributed by atoms with E-state index in [2.05, 4.69) is 30.0 Å². The molecule has 2 aliphatic heterocycles. The third kappa shape index (κ3) is 2.49. The number of ether oxygens (including phenoxy) is 1. The number of nitrogens with one attached hydrogen (secondary N) is 1. The molecule has 1 N–H and O–H groups in total. The lowest BCUT2D eigenvalue weighted by Gasteiger charge is -2.10. The van der Waals surface area contributed by atoms with Crippen molar-refractivity contribution in [3.63, 3.8) is 0 Å². The summed E-state index contributed by atoms with van der Waals surface area (Å²) in [5.41, 5.74) is 1.05. The van der Waals surface area contributed by atoms with Crippen LogP contribution in [-0.2, 0) is 24.2 Å². The molecule has 4 rings (SSSR count). The molecule has 0 aliphatic carbocycles. The number of aryl methyl sites for hydroxylation is 1. The number of rotatable bonds is 4. The molecule has 0 spiro atoms. The fraction of sp³-hybridized carbons (Fsp3) is 0.571. The standard InChI is InChI=1S/C14H18N6O/c1-2-13-18-19-14(20(13)4-1)7-15-12-6-11(16-9-17-12)10-3-5-21-8-10/h6,9-10H,1-5,7-8H2,(H,15,16,17). The van der Waals surface area contributed by atoms with Crippen molar-refractivity contribution >= 4 is 5.82 Å². The third-order valence-electron chi connectivity index (χ3n) is 4.15. The van der Waals surface area contributed by atoms with Gasteiger partial charge in [-0.05, 0) is 12.8 Å². The van der Waals surface area contributed by atoms with Crippen molar-refractivity contribution in [3.8, 4) is 0 Å². The summed E-state index contributed by atoms with van der Waals surface area (Å²) in [6.45, 7) is 3.25. The molecule has 7 nitrogen and oxygen atoms in total. The molecule has 2 aromatic heterocycles. The van der Waals surface area contributed by atoms with Crippen molar-refractivity contribution in [1.82, 2.24) is 24.7 Å². The van der Waals surface area contributed by atoms with E-state index in [1.807, 2.05) is 6.07 Å². The molecule has 0 radical (unpaired) electrons. The maximum Gasteiger partial charge on any atom is 0.152 e. The average molecular weight is 286 g/mol. The molecule has 0 bridgehead atoms. The minimum atomic E-state index is 0.394. The van der Waals surface area contributed by atoms with Crippen molar-refractivity contribution < 1.29 is 4.74 Å². The van der Waals surface area contributed by atoms with Gasteiger partial charge in [-0.3, -0.25) is 0 Å². The second kappa shape index (κ2) is 5.40. The normalized spacial score (nSPS) is 20.7. The Morgan fingerprint density at radius 3 is 3.24 bits per heavy atom. The van der Waals surface area contributed by atoms with Gasteiger partial charge < -0.3 is 14.6 Å². The first kappa shape index (κ1) is 12.7. The van der Waals surface area contributed by atoms with E-state index in [1.165, 1.54) is 0 Å². The quantitative estimate of drug-likeness (QED) is 0.908. The Kier molecular flexibility index (Phi) is 3.27. The van der Waals surface area contributed by atoms with E-state index < -0.39 is 0 Å². The highest BCUT2D eigenvalue weighted by Gasteiger charge is 2.20. The van der Waals surface area contributed by atoms with Crippen molar-refractivity contribution in [2.45, 2.75) is 38.3 Å². The van der Waals surface area contributed by atoms with Crippen LogP contribution in [0, 0.1) is 0 Å². The smallest absolute Gasteiger partial charge is 0.152 e. The molecule has 4 heterocycles. The van der Waals surface area contributed by atoms with Gasteiger partial charge in [0.05, 0.1) is 18.8 Å². The SMILES string of the molecule is c1nc(NCc2nnc3n2CCC3)cc(C2CCOC2)n1. The molecule has 2 aliphatic rings. The largest absolute Gasteiger partial charge is 0.381 e. The van der Waals surface area contributed by atoms with Gasteiger partial charge >= 0.3 is 0 Å². The summed E-state index contributed by atoms with van der Waals surface area (Å²) in [5, 5.41) is 11.8. The molecule has 110 valence electrons. The van der Waals surface area contributed by atoms with Crippen LogP contribution in [0.1, 0.15) is 36.1 Å². The minimum Gasteiger partial charge on any atom is -0.381 e. The van der Waals surface area contributed by atoms with E-state index in [0.29, 0.717) is 12.5 Å². The lowest BCUT2D eigenvalue weighted by molar-refractivity contribution is 0.193. The Labute approximate surface area is 122 Å². The fourth-order valence-corrected chi connectivity index (χ4v) is 2.97. The lowest BCUT2D eigenvalue weighted by Crippen LogP contribution is -2.10. The van der Waals surface area contributed by atoms with Gasteiger partial charge in [0.2, 0.25) is 0 Å². The van der Waals surface area contributed by atoms with Crippen molar-refractivity contribution in [2.24, 2.45) is 0 Å². The van der Waals surface area contributed by atoms with Crippen LogP contribution >= 0.6 is 0 Å². The van der Waals surface area contributed by atoms with Crippen LogP contribution in [0.15, 0.2) is 12.4 Å². The second-order valence-corrected chi connectivity index (χ2v) is 5.53. The van der Waals surface area contributed by atoms with Gasteiger partial charge in [0.15, 0.2) is 5.82 Å². The van der Waals surface area contributed by atoms with Crippen LogP contribution in [0.3, 0.4) is 0 Å². The summed E-state index contributed by atoms with van der Waals surface area (Å²) in [6.07, 6.45) is 4.85. The topological polar surface area (TPSA) is 77.8 Å². The number of anilines is 1.